The Hall–Kier alpha value is -0.980. The van der Waals surface area contributed by atoms with Crippen LogP contribution in [0.15, 0.2) is 11.4 Å². The molecule has 3 heterocycles. The standard InChI is InChI=1S/C15H23N3O2S/c19-18(20)15-9-14(12-21-15)11-17-7-3-13(4-8-17)10-16-5-1-2-6-16/h9,12-13H,1-8,10-11H2. The largest absolute Gasteiger partial charge is 0.324 e. The first-order valence-electron chi connectivity index (χ1n) is 7.87. The molecule has 116 valence electrons. The fourth-order valence-electron chi connectivity index (χ4n) is 3.46. The second-order valence-corrected chi connectivity index (χ2v) is 7.17. The van der Waals surface area contributed by atoms with Gasteiger partial charge in [0.1, 0.15) is 0 Å². The van der Waals surface area contributed by atoms with Gasteiger partial charge in [0.05, 0.1) is 4.92 Å². The third-order valence-corrected chi connectivity index (χ3v) is 5.58. The van der Waals surface area contributed by atoms with Gasteiger partial charge in [-0.1, -0.05) is 11.3 Å². The van der Waals surface area contributed by atoms with Crippen LogP contribution in [0.4, 0.5) is 5.00 Å². The highest BCUT2D eigenvalue weighted by atomic mass is 32.1. The van der Waals surface area contributed by atoms with E-state index in [9.17, 15) is 10.1 Å². The van der Waals surface area contributed by atoms with E-state index < -0.39 is 0 Å². The van der Waals surface area contributed by atoms with Crippen LogP contribution in [0, 0.1) is 16.0 Å². The van der Waals surface area contributed by atoms with E-state index >= 15 is 0 Å². The van der Waals surface area contributed by atoms with Crippen molar-refractivity contribution in [3.63, 3.8) is 0 Å². The van der Waals surface area contributed by atoms with Gasteiger partial charge < -0.3 is 4.90 Å². The van der Waals surface area contributed by atoms with Crippen molar-refractivity contribution in [2.24, 2.45) is 5.92 Å². The summed E-state index contributed by atoms with van der Waals surface area (Å²) in [4.78, 5) is 15.5. The van der Waals surface area contributed by atoms with Gasteiger partial charge in [-0.05, 0) is 63.3 Å². The van der Waals surface area contributed by atoms with Crippen molar-refractivity contribution in [2.45, 2.75) is 32.2 Å². The van der Waals surface area contributed by atoms with Gasteiger partial charge in [-0.25, -0.2) is 0 Å². The van der Waals surface area contributed by atoms with Crippen LogP contribution in [0.5, 0.6) is 0 Å². The molecule has 2 saturated heterocycles. The molecule has 0 aromatic carbocycles. The zero-order valence-electron chi connectivity index (χ0n) is 12.4. The Labute approximate surface area is 129 Å². The molecule has 2 aliphatic heterocycles. The molecule has 6 heteroatoms. The highest BCUT2D eigenvalue weighted by Gasteiger charge is 2.23. The van der Waals surface area contributed by atoms with Crippen LogP contribution in [0.2, 0.25) is 0 Å². The Morgan fingerprint density at radius 1 is 1.19 bits per heavy atom. The Morgan fingerprint density at radius 3 is 2.52 bits per heavy atom. The van der Waals surface area contributed by atoms with Crippen LogP contribution in [0.3, 0.4) is 0 Å². The smallest absolute Gasteiger partial charge is 0.303 e. The van der Waals surface area contributed by atoms with E-state index in [1.54, 1.807) is 6.07 Å². The maximum Gasteiger partial charge on any atom is 0.324 e. The van der Waals surface area contributed by atoms with Gasteiger partial charge in [0.2, 0.25) is 0 Å². The predicted molar refractivity (Wildman–Crippen MR) is 84.6 cm³/mol. The third-order valence-electron chi connectivity index (χ3n) is 4.65. The molecule has 3 rings (SSSR count). The van der Waals surface area contributed by atoms with Gasteiger partial charge >= 0.3 is 5.00 Å². The molecule has 2 fully saturated rings. The summed E-state index contributed by atoms with van der Waals surface area (Å²) < 4.78 is 0. The van der Waals surface area contributed by atoms with Gasteiger partial charge in [-0.2, -0.15) is 0 Å². The summed E-state index contributed by atoms with van der Waals surface area (Å²) in [6, 6.07) is 1.72. The first-order valence-corrected chi connectivity index (χ1v) is 8.75. The molecule has 0 atom stereocenters. The lowest BCUT2D eigenvalue weighted by molar-refractivity contribution is -0.380. The Morgan fingerprint density at radius 2 is 1.90 bits per heavy atom. The number of rotatable bonds is 5. The molecule has 0 spiro atoms. The fraction of sp³-hybridized carbons (Fsp3) is 0.733. The highest BCUT2D eigenvalue weighted by Crippen LogP contribution is 2.26. The summed E-state index contributed by atoms with van der Waals surface area (Å²) in [5, 5.41) is 12.9. The second-order valence-electron chi connectivity index (χ2n) is 6.28. The molecular weight excluding hydrogens is 286 g/mol. The van der Waals surface area contributed by atoms with Gasteiger partial charge in [0.25, 0.3) is 0 Å². The van der Waals surface area contributed by atoms with E-state index in [0.29, 0.717) is 0 Å². The molecule has 0 saturated carbocycles. The van der Waals surface area contributed by atoms with E-state index in [2.05, 4.69) is 9.80 Å². The molecule has 21 heavy (non-hydrogen) atoms. The molecular formula is C15H23N3O2S. The lowest BCUT2D eigenvalue weighted by Gasteiger charge is -2.33. The maximum atomic E-state index is 10.7. The molecule has 0 aliphatic carbocycles. The number of nitrogens with zero attached hydrogens (tertiary/aromatic N) is 3. The normalized spacial score (nSPS) is 21.9. The molecule has 2 aliphatic rings. The second kappa shape index (κ2) is 6.85. The predicted octanol–water partition coefficient (Wildman–Crippen LogP) is 2.96. The van der Waals surface area contributed by atoms with E-state index in [1.165, 1.54) is 56.7 Å². The molecule has 0 amide bonds. The maximum absolute atomic E-state index is 10.7. The molecule has 1 aromatic rings. The van der Waals surface area contributed by atoms with Gasteiger partial charge in [0, 0.05) is 24.5 Å². The average molecular weight is 309 g/mol. The summed E-state index contributed by atoms with van der Waals surface area (Å²) in [6.07, 6.45) is 5.27. The van der Waals surface area contributed by atoms with Crippen LogP contribution >= 0.6 is 11.3 Å². The summed E-state index contributed by atoms with van der Waals surface area (Å²) >= 11 is 1.24. The van der Waals surface area contributed by atoms with Crippen LogP contribution in [-0.4, -0.2) is 47.4 Å². The number of hydrogen-bond donors (Lipinski definition) is 0. The van der Waals surface area contributed by atoms with Crippen molar-refractivity contribution >= 4 is 16.3 Å². The molecule has 1 aromatic heterocycles. The summed E-state index contributed by atoms with van der Waals surface area (Å²) in [7, 11) is 0. The number of nitro groups is 1. The molecule has 0 bridgehead atoms. The SMILES string of the molecule is O=[N+]([O-])c1cc(CN2CCC(CN3CCCC3)CC2)cs1. The van der Waals surface area contributed by atoms with Crippen molar-refractivity contribution < 1.29 is 4.92 Å². The fourth-order valence-corrected chi connectivity index (χ4v) is 4.18. The number of piperidine rings is 1. The molecule has 5 nitrogen and oxygen atoms in total. The number of likely N-dealkylation sites (tertiary alicyclic amines) is 2. The first kappa shape index (κ1) is 14.9. The monoisotopic (exact) mass is 309 g/mol. The summed E-state index contributed by atoms with van der Waals surface area (Å²) in [6.45, 7) is 6.97. The summed E-state index contributed by atoms with van der Waals surface area (Å²) in [5.41, 5.74) is 1.09. The van der Waals surface area contributed by atoms with Crippen LogP contribution in [0.1, 0.15) is 31.2 Å². The minimum Gasteiger partial charge on any atom is -0.303 e. The summed E-state index contributed by atoms with van der Waals surface area (Å²) in [5.74, 6) is 0.844. The van der Waals surface area contributed by atoms with Crippen molar-refractivity contribution in [2.75, 3.05) is 32.7 Å². The van der Waals surface area contributed by atoms with Crippen molar-refractivity contribution in [3.8, 4) is 0 Å². The van der Waals surface area contributed by atoms with E-state index in [1.807, 2.05) is 5.38 Å². The van der Waals surface area contributed by atoms with Crippen LogP contribution in [0.25, 0.3) is 0 Å². The topological polar surface area (TPSA) is 49.6 Å². The number of hydrogen-bond acceptors (Lipinski definition) is 5. The average Bonchev–Trinajstić information content (AvgIpc) is 3.12. The minimum absolute atomic E-state index is 0.258. The first-order chi connectivity index (χ1) is 10.2. The van der Waals surface area contributed by atoms with Crippen LogP contribution < -0.4 is 0 Å². The Kier molecular flexibility index (Phi) is 4.87. The van der Waals surface area contributed by atoms with Crippen molar-refractivity contribution in [3.05, 3.63) is 27.1 Å². The van der Waals surface area contributed by atoms with E-state index in [-0.39, 0.29) is 9.92 Å². The van der Waals surface area contributed by atoms with Crippen molar-refractivity contribution in [1.82, 2.24) is 9.80 Å². The minimum atomic E-state index is -0.295. The van der Waals surface area contributed by atoms with Gasteiger partial charge in [-0.3, -0.25) is 15.0 Å². The lowest BCUT2D eigenvalue weighted by Crippen LogP contribution is -2.37. The lowest BCUT2D eigenvalue weighted by atomic mass is 9.96. The highest BCUT2D eigenvalue weighted by molar-refractivity contribution is 7.13. The van der Waals surface area contributed by atoms with Crippen LogP contribution in [-0.2, 0) is 6.54 Å². The molecule has 0 unspecified atom stereocenters. The van der Waals surface area contributed by atoms with Gasteiger partial charge in [-0.15, -0.1) is 0 Å². The molecule has 0 N–H and O–H groups in total. The Bertz CT molecular complexity index is 477. The van der Waals surface area contributed by atoms with E-state index in [4.69, 9.17) is 0 Å². The third kappa shape index (κ3) is 4.02. The van der Waals surface area contributed by atoms with E-state index in [0.717, 1.165) is 31.1 Å². The zero-order valence-corrected chi connectivity index (χ0v) is 13.2. The van der Waals surface area contributed by atoms with Gasteiger partial charge in [0.15, 0.2) is 0 Å². The Balaban J connectivity index is 1.43. The van der Waals surface area contributed by atoms with Crippen molar-refractivity contribution in [1.29, 1.82) is 0 Å². The molecule has 0 radical (unpaired) electrons. The number of thiophene rings is 1. The quantitative estimate of drug-likeness (QED) is 0.620. The zero-order chi connectivity index (χ0) is 14.7.